The van der Waals surface area contributed by atoms with Crippen LogP contribution in [0, 0.1) is 17.2 Å². The van der Waals surface area contributed by atoms with Gasteiger partial charge >= 0.3 is 0 Å². The summed E-state index contributed by atoms with van der Waals surface area (Å²) in [6.07, 6.45) is 1.81. The van der Waals surface area contributed by atoms with Gasteiger partial charge in [-0.05, 0) is 17.7 Å². The van der Waals surface area contributed by atoms with Crippen molar-refractivity contribution in [3.05, 3.63) is 29.8 Å². The summed E-state index contributed by atoms with van der Waals surface area (Å²) in [5.74, 6) is 0.0158. The van der Waals surface area contributed by atoms with Gasteiger partial charge in [0.15, 0.2) is 5.71 Å². The SMILES string of the molecule is CN=C/C(C#N)=N\Nc1ccc(C2=NNC(=O)C[C@H]2C)cc1. The molecule has 1 aliphatic heterocycles. The van der Waals surface area contributed by atoms with Crippen LogP contribution in [0.15, 0.2) is 39.5 Å². The summed E-state index contributed by atoms with van der Waals surface area (Å²) in [5, 5.41) is 16.9. The molecule has 1 aromatic rings. The second-order valence-corrected chi connectivity index (χ2v) is 4.82. The monoisotopic (exact) mass is 296 g/mol. The molecule has 0 saturated heterocycles. The van der Waals surface area contributed by atoms with E-state index in [0.29, 0.717) is 6.42 Å². The van der Waals surface area contributed by atoms with Crippen LogP contribution in [0.4, 0.5) is 5.69 Å². The van der Waals surface area contributed by atoms with Crippen LogP contribution in [-0.4, -0.2) is 30.6 Å². The Hall–Kier alpha value is -3.01. The fourth-order valence-corrected chi connectivity index (χ4v) is 2.05. The zero-order valence-corrected chi connectivity index (χ0v) is 12.4. The van der Waals surface area contributed by atoms with Crippen molar-refractivity contribution < 1.29 is 4.79 Å². The highest BCUT2D eigenvalue weighted by Crippen LogP contribution is 2.18. The minimum Gasteiger partial charge on any atom is -0.293 e. The standard InChI is InChI=1S/C15H16N6O/c1-10-7-14(22)20-21-15(10)11-3-5-12(6-4-11)18-19-13(8-16)9-17-2/h3-6,9-10,18H,7H2,1-2H3,(H,20,22)/b17-9?,19-13-/t10-/m1/s1. The van der Waals surface area contributed by atoms with E-state index in [0.717, 1.165) is 17.0 Å². The Morgan fingerprint density at radius 2 is 2.23 bits per heavy atom. The highest BCUT2D eigenvalue weighted by molar-refractivity contribution is 6.38. The Morgan fingerprint density at radius 3 is 2.82 bits per heavy atom. The summed E-state index contributed by atoms with van der Waals surface area (Å²) in [7, 11) is 1.58. The first kappa shape index (κ1) is 15.4. The number of nitrogens with zero attached hydrogens (tertiary/aromatic N) is 4. The molecule has 7 heteroatoms. The molecule has 0 aliphatic carbocycles. The van der Waals surface area contributed by atoms with Crippen LogP contribution in [-0.2, 0) is 4.79 Å². The van der Waals surface area contributed by atoms with Crippen molar-refractivity contribution in [3.63, 3.8) is 0 Å². The number of nitriles is 1. The number of carbonyl (C=O) groups excluding carboxylic acids is 1. The Morgan fingerprint density at radius 1 is 1.50 bits per heavy atom. The molecule has 1 atom stereocenters. The lowest BCUT2D eigenvalue weighted by molar-refractivity contribution is -0.121. The molecule has 0 aromatic heterocycles. The molecule has 1 amide bonds. The Bertz CT molecular complexity index is 681. The number of aliphatic imine (C=N–C) groups is 1. The molecule has 0 unspecified atom stereocenters. The molecule has 22 heavy (non-hydrogen) atoms. The van der Waals surface area contributed by atoms with Gasteiger partial charge in [-0.15, -0.1) is 0 Å². The molecule has 0 spiro atoms. The fourth-order valence-electron chi connectivity index (χ4n) is 2.05. The molecular formula is C15H16N6O. The molecule has 0 saturated carbocycles. The number of rotatable bonds is 4. The molecule has 0 radical (unpaired) electrons. The first-order valence-corrected chi connectivity index (χ1v) is 6.77. The summed E-state index contributed by atoms with van der Waals surface area (Å²) < 4.78 is 0. The Kier molecular flexibility index (Phi) is 4.98. The maximum atomic E-state index is 11.3. The van der Waals surface area contributed by atoms with E-state index in [1.807, 2.05) is 37.3 Å². The number of anilines is 1. The first-order valence-electron chi connectivity index (χ1n) is 6.77. The van der Waals surface area contributed by atoms with Crippen molar-refractivity contribution in [2.45, 2.75) is 13.3 Å². The minimum absolute atomic E-state index is 0.0644. The molecule has 2 rings (SSSR count). The predicted molar refractivity (Wildman–Crippen MR) is 86.0 cm³/mol. The molecule has 112 valence electrons. The van der Waals surface area contributed by atoms with E-state index in [-0.39, 0.29) is 17.5 Å². The van der Waals surface area contributed by atoms with Gasteiger partial charge in [0.1, 0.15) is 6.07 Å². The molecule has 2 N–H and O–H groups in total. The van der Waals surface area contributed by atoms with Crippen molar-refractivity contribution in [2.24, 2.45) is 21.1 Å². The first-order chi connectivity index (χ1) is 10.6. The maximum absolute atomic E-state index is 11.3. The highest BCUT2D eigenvalue weighted by atomic mass is 16.2. The van der Waals surface area contributed by atoms with E-state index in [1.54, 1.807) is 7.05 Å². The quantitative estimate of drug-likeness (QED) is 0.650. The van der Waals surface area contributed by atoms with Gasteiger partial charge in [-0.25, -0.2) is 5.43 Å². The van der Waals surface area contributed by atoms with Crippen molar-refractivity contribution in [2.75, 3.05) is 12.5 Å². The van der Waals surface area contributed by atoms with Gasteiger partial charge < -0.3 is 0 Å². The van der Waals surface area contributed by atoms with Crippen molar-refractivity contribution >= 4 is 29.2 Å². The van der Waals surface area contributed by atoms with E-state index >= 15 is 0 Å². The maximum Gasteiger partial charge on any atom is 0.240 e. The number of nitrogens with one attached hydrogen (secondary N) is 2. The van der Waals surface area contributed by atoms with E-state index < -0.39 is 0 Å². The number of amides is 1. The summed E-state index contributed by atoms with van der Waals surface area (Å²) in [4.78, 5) is 15.0. The number of benzene rings is 1. The average Bonchev–Trinajstić information content (AvgIpc) is 2.52. The third kappa shape index (κ3) is 3.76. The summed E-state index contributed by atoms with van der Waals surface area (Å²) >= 11 is 0. The van der Waals surface area contributed by atoms with Crippen LogP contribution < -0.4 is 10.9 Å². The zero-order valence-electron chi connectivity index (χ0n) is 12.4. The van der Waals surface area contributed by atoms with Crippen LogP contribution in [0.2, 0.25) is 0 Å². The lowest BCUT2D eigenvalue weighted by atomic mass is 9.94. The molecule has 1 heterocycles. The van der Waals surface area contributed by atoms with E-state index in [2.05, 4.69) is 26.0 Å². The molecular weight excluding hydrogens is 280 g/mol. The average molecular weight is 296 g/mol. The lowest BCUT2D eigenvalue weighted by Gasteiger charge is -2.19. The van der Waals surface area contributed by atoms with Crippen LogP contribution in [0.25, 0.3) is 0 Å². The minimum atomic E-state index is -0.0644. The summed E-state index contributed by atoms with van der Waals surface area (Å²) in [5.41, 5.74) is 8.02. The highest BCUT2D eigenvalue weighted by Gasteiger charge is 2.21. The fraction of sp³-hybridized carbons (Fsp3) is 0.267. The largest absolute Gasteiger partial charge is 0.293 e. The Balaban J connectivity index is 2.11. The number of carbonyl (C=O) groups is 1. The zero-order chi connectivity index (χ0) is 15.9. The number of hydrazone groups is 2. The third-order valence-corrected chi connectivity index (χ3v) is 3.11. The van der Waals surface area contributed by atoms with E-state index in [4.69, 9.17) is 5.26 Å². The number of hydrogen-bond acceptors (Lipinski definition) is 6. The molecule has 0 bridgehead atoms. The van der Waals surface area contributed by atoms with E-state index in [9.17, 15) is 4.79 Å². The van der Waals surface area contributed by atoms with Crippen LogP contribution in [0.5, 0.6) is 0 Å². The van der Waals surface area contributed by atoms with Gasteiger partial charge in [-0.2, -0.15) is 15.5 Å². The molecule has 1 aliphatic rings. The topological polar surface area (TPSA) is 102 Å². The van der Waals surface area contributed by atoms with Crippen LogP contribution in [0.1, 0.15) is 18.9 Å². The predicted octanol–water partition coefficient (Wildman–Crippen LogP) is 1.54. The second-order valence-electron chi connectivity index (χ2n) is 4.82. The molecule has 0 fully saturated rings. The van der Waals surface area contributed by atoms with Crippen LogP contribution >= 0.6 is 0 Å². The van der Waals surface area contributed by atoms with Crippen molar-refractivity contribution in [3.8, 4) is 6.07 Å². The van der Waals surface area contributed by atoms with Gasteiger partial charge in [0, 0.05) is 19.4 Å². The van der Waals surface area contributed by atoms with Crippen LogP contribution in [0.3, 0.4) is 0 Å². The summed E-state index contributed by atoms with van der Waals surface area (Å²) in [6.45, 7) is 1.97. The normalized spacial score (nSPS) is 18.6. The third-order valence-electron chi connectivity index (χ3n) is 3.11. The van der Waals surface area contributed by atoms with Gasteiger partial charge in [0.05, 0.1) is 17.6 Å². The van der Waals surface area contributed by atoms with Gasteiger partial charge in [0.2, 0.25) is 5.91 Å². The van der Waals surface area contributed by atoms with E-state index in [1.165, 1.54) is 6.21 Å². The van der Waals surface area contributed by atoms with Crippen molar-refractivity contribution in [1.82, 2.24) is 5.43 Å². The summed E-state index contributed by atoms with van der Waals surface area (Å²) in [6, 6.07) is 9.38. The smallest absolute Gasteiger partial charge is 0.240 e. The van der Waals surface area contributed by atoms with Gasteiger partial charge in [0.25, 0.3) is 0 Å². The Labute approximate surface area is 128 Å². The number of hydrogen-bond donors (Lipinski definition) is 2. The molecule has 7 nitrogen and oxygen atoms in total. The van der Waals surface area contributed by atoms with Crippen molar-refractivity contribution in [1.29, 1.82) is 5.26 Å². The van der Waals surface area contributed by atoms with Gasteiger partial charge in [-0.3, -0.25) is 15.2 Å². The molecule has 1 aromatic carbocycles. The van der Waals surface area contributed by atoms with Gasteiger partial charge in [-0.1, -0.05) is 19.1 Å². The second kappa shape index (κ2) is 7.13. The lowest BCUT2D eigenvalue weighted by Crippen LogP contribution is -2.31.